The lowest BCUT2D eigenvalue weighted by atomic mass is 10.1. The summed E-state index contributed by atoms with van der Waals surface area (Å²) in [5.74, 6) is -1.86. The first-order valence-corrected chi connectivity index (χ1v) is 9.23. The van der Waals surface area contributed by atoms with Crippen LogP contribution in [0.15, 0.2) is 46.2 Å². The molecule has 7 heteroatoms. The van der Waals surface area contributed by atoms with Gasteiger partial charge in [0.15, 0.2) is 0 Å². The standard InChI is InChI=1S/C18H18F2N2O2S/c1-11-16(5-6-21)17-10-14(3-4-18(17)22(11)2)25(23,24)15-8-12(19)7-13(20)9-15/h3-4,7-10H,5-6,21H2,1-2H3. The van der Waals surface area contributed by atoms with E-state index < -0.39 is 26.4 Å². The smallest absolute Gasteiger partial charge is 0.206 e. The second kappa shape index (κ2) is 6.24. The number of nitrogens with zero attached hydrogens (tertiary/aromatic N) is 1. The predicted molar refractivity (Wildman–Crippen MR) is 92.2 cm³/mol. The van der Waals surface area contributed by atoms with E-state index in [2.05, 4.69) is 0 Å². The SMILES string of the molecule is Cc1c(CCN)c2cc(S(=O)(=O)c3cc(F)cc(F)c3)ccc2n1C. The van der Waals surface area contributed by atoms with E-state index in [9.17, 15) is 17.2 Å². The van der Waals surface area contributed by atoms with Gasteiger partial charge in [-0.15, -0.1) is 0 Å². The van der Waals surface area contributed by atoms with E-state index in [-0.39, 0.29) is 4.90 Å². The number of nitrogens with two attached hydrogens (primary N) is 1. The lowest BCUT2D eigenvalue weighted by Gasteiger charge is -2.07. The van der Waals surface area contributed by atoms with Gasteiger partial charge >= 0.3 is 0 Å². The molecule has 2 aromatic carbocycles. The third-order valence-corrected chi connectivity index (χ3v) is 6.18. The van der Waals surface area contributed by atoms with Gasteiger partial charge in [0, 0.05) is 29.7 Å². The zero-order valence-corrected chi connectivity index (χ0v) is 14.7. The fourth-order valence-electron chi connectivity index (χ4n) is 3.07. The molecule has 0 spiro atoms. The third-order valence-electron chi connectivity index (χ3n) is 4.45. The molecule has 25 heavy (non-hydrogen) atoms. The molecule has 0 atom stereocenters. The highest BCUT2D eigenvalue weighted by Crippen LogP contribution is 2.30. The van der Waals surface area contributed by atoms with Crippen molar-refractivity contribution >= 4 is 20.7 Å². The molecule has 4 nitrogen and oxygen atoms in total. The van der Waals surface area contributed by atoms with E-state index in [0.717, 1.165) is 34.3 Å². The van der Waals surface area contributed by atoms with Gasteiger partial charge in [-0.3, -0.25) is 0 Å². The Balaban J connectivity index is 2.23. The Bertz CT molecular complexity index is 1050. The maximum Gasteiger partial charge on any atom is 0.206 e. The van der Waals surface area contributed by atoms with Crippen LogP contribution in [0.1, 0.15) is 11.3 Å². The van der Waals surface area contributed by atoms with Crippen LogP contribution in [0, 0.1) is 18.6 Å². The minimum absolute atomic E-state index is 0.00567. The highest BCUT2D eigenvalue weighted by Gasteiger charge is 2.22. The lowest BCUT2D eigenvalue weighted by Crippen LogP contribution is -2.05. The predicted octanol–water partition coefficient (Wildman–Crippen LogP) is 3.10. The van der Waals surface area contributed by atoms with Crippen molar-refractivity contribution < 1.29 is 17.2 Å². The van der Waals surface area contributed by atoms with E-state index in [1.54, 1.807) is 12.1 Å². The molecular weight excluding hydrogens is 346 g/mol. The number of halogens is 2. The van der Waals surface area contributed by atoms with E-state index >= 15 is 0 Å². The molecule has 0 aliphatic rings. The molecule has 0 amide bonds. The molecule has 3 aromatic rings. The zero-order valence-electron chi connectivity index (χ0n) is 13.9. The highest BCUT2D eigenvalue weighted by atomic mass is 32.2. The van der Waals surface area contributed by atoms with Crippen LogP contribution in [0.2, 0.25) is 0 Å². The van der Waals surface area contributed by atoms with Crippen molar-refractivity contribution in [2.75, 3.05) is 6.54 Å². The third kappa shape index (κ3) is 2.94. The van der Waals surface area contributed by atoms with Gasteiger partial charge in [0.1, 0.15) is 11.6 Å². The van der Waals surface area contributed by atoms with E-state index in [0.29, 0.717) is 19.0 Å². The molecule has 0 aliphatic carbocycles. The number of sulfone groups is 1. The van der Waals surface area contributed by atoms with Gasteiger partial charge in [-0.25, -0.2) is 17.2 Å². The summed E-state index contributed by atoms with van der Waals surface area (Å²) in [5.41, 5.74) is 8.53. The molecule has 2 N–H and O–H groups in total. The van der Waals surface area contributed by atoms with Crippen LogP contribution >= 0.6 is 0 Å². The summed E-state index contributed by atoms with van der Waals surface area (Å²) >= 11 is 0. The highest BCUT2D eigenvalue weighted by molar-refractivity contribution is 7.91. The van der Waals surface area contributed by atoms with Crippen LogP contribution in [-0.4, -0.2) is 19.5 Å². The fraction of sp³-hybridized carbons (Fsp3) is 0.222. The molecule has 0 aliphatic heterocycles. The van der Waals surface area contributed by atoms with Crippen molar-refractivity contribution in [3.8, 4) is 0 Å². The van der Waals surface area contributed by atoms with Gasteiger partial charge in [0.2, 0.25) is 9.84 Å². The van der Waals surface area contributed by atoms with Crippen molar-refractivity contribution in [1.82, 2.24) is 4.57 Å². The van der Waals surface area contributed by atoms with Gasteiger partial charge in [0.25, 0.3) is 0 Å². The van der Waals surface area contributed by atoms with Crippen LogP contribution in [0.4, 0.5) is 8.78 Å². The van der Waals surface area contributed by atoms with Crippen LogP contribution in [-0.2, 0) is 23.3 Å². The molecule has 0 saturated carbocycles. The van der Waals surface area contributed by atoms with Crippen molar-refractivity contribution in [1.29, 1.82) is 0 Å². The normalized spacial score (nSPS) is 12.0. The summed E-state index contributed by atoms with van der Waals surface area (Å²) in [6.07, 6.45) is 0.612. The lowest BCUT2D eigenvalue weighted by molar-refractivity contribution is 0.567. The summed E-state index contributed by atoms with van der Waals surface area (Å²) < 4.78 is 54.4. The average Bonchev–Trinajstić information content (AvgIpc) is 2.79. The zero-order chi connectivity index (χ0) is 18.4. The van der Waals surface area contributed by atoms with Gasteiger partial charge in [0.05, 0.1) is 9.79 Å². The second-order valence-corrected chi connectivity index (χ2v) is 7.90. The summed E-state index contributed by atoms with van der Waals surface area (Å²) in [4.78, 5) is -0.411. The maximum atomic E-state index is 13.4. The van der Waals surface area contributed by atoms with Gasteiger partial charge in [-0.1, -0.05) is 0 Å². The number of hydrogen-bond donors (Lipinski definition) is 1. The number of aromatic nitrogens is 1. The molecule has 0 saturated heterocycles. The Morgan fingerprint density at radius 2 is 1.68 bits per heavy atom. The Kier molecular flexibility index (Phi) is 4.38. The molecule has 132 valence electrons. The minimum Gasteiger partial charge on any atom is -0.348 e. The van der Waals surface area contributed by atoms with Crippen molar-refractivity contribution in [3.05, 3.63) is 59.3 Å². The Morgan fingerprint density at radius 1 is 1.04 bits per heavy atom. The molecular formula is C18H18F2N2O2S. The summed E-state index contributed by atoms with van der Waals surface area (Å²) in [6.45, 7) is 2.38. The molecule has 0 bridgehead atoms. The number of fused-ring (bicyclic) bond motifs is 1. The van der Waals surface area contributed by atoms with E-state index in [1.807, 2.05) is 18.5 Å². The van der Waals surface area contributed by atoms with E-state index in [1.165, 1.54) is 6.07 Å². The first-order valence-electron chi connectivity index (χ1n) is 7.75. The number of rotatable bonds is 4. The molecule has 3 rings (SSSR count). The van der Waals surface area contributed by atoms with Gasteiger partial charge < -0.3 is 10.3 Å². The first-order chi connectivity index (χ1) is 11.8. The largest absolute Gasteiger partial charge is 0.348 e. The van der Waals surface area contributed by atoms with Crippen molar-refractivity contribution in [2.24, 2.45) is 12.8 Å². The summed E-state index contributed by atoms with van der Waals surface area (Å²) in [6, 6.07) is 6.98. The fourth-order valence-corrected chi connectivity index (χ4v) is 4.40. The summed E-state index contributed by atoms with van der Waals surface area (Å²) in [5, 5.41) is 0.781. The van der Waals surface area contributed by atoms with E-state index in [4.69, 9.17) is 5.73 Å². The Morgan fingerprint density at radius 3 is 2.28 bits per heavy atom. The molecule has 0 unspecified atom stereocenters. The topological polar surface area (TPSA) is 65.1 Å². The minimum atomic E-state index is -4.03. The van der Waals surface area contributed by atoms with Gasteiger partial charge in [-0.05, 0) is 55.8 Å². The monoisotopic (exact) mass is 364 g/mol. The molecule has 1 aromatic heterocycles. The van der Waals surface area contributed by atoms with Crippen LogP contribution in [0.5, 0.6) is 0 Å². The number of hydrogen-bond acceptors (Lipinski definition) is 3. The van der Waals surface area contributed by atoms with Crippen LogP contribution in [0.25, 0.3) is 10.9 Å². The number of benzene rings is 2. The molecule has 0 radical (unpaired) electrons. The Hall–Kier alpha value is -2.25. The van der Waals surface area contributed by atoms with Gasteiger partial charge in [-0.2, -0.15) is 0 Å². The molecule has 1 heterocycles. The quantitative estimate of drug-likeness (QED) is 0.774. The summed E-state index contributed by atoms with van der Waals surface area (Å²) in [7, 11) is -2.13. The second-order valence-electron chi connectivity index (χ2n) is 5.95. The van der Waals surface area contributed by atoms with Crippen LogP contribution < -0.4 is 5.73 Å². The molecule has 0 fully saturated rings. The average molecular weight is 364 g/mol. The van der Waals surface area contributed by atoms with Crippen molar-refractivity contribution in [2.45, 2.75) is 23.1 Å². The Labute approximate surface area is 144 Å². The maximum absolute atomic E-state index is 13.4. The first kappa shape index (κ1) is 17.6. The number of aryl methyl sites for hydroxylation is 1. The van der Waals surface area contributed by atoms with Crippen LogP contribution in [0.3, 0.4) is 0 Å². The van der Waals surface area contributed by atoms with Crippen molar-refractivity contribution in [3.63, 3.8) is 0 Å².